The van der Waals surface area contributed by atoms with Gasteiger partial charge in [0.05, 0.1) is 16.8 Å². The molecule has 2 N–H and O–H groups in total. The molecule has 4 aromatic rings. The van der Waals surface area contributed by atoms with Crippen molar-refractivity contribution in [3.63, 3.8) is 0 Å². The Balaban J connectivity index is 1.53. The van der Waals surface area contributed by atoms with E-state index < -0.39 is 5.82 Å². The minimum absolute atomic E-state index is 0.0354. The summed E-state index contributed by atoms with van der Waals surface area (Å²) >= 11 is 0. The molecule has 3 aromatic heterocycles. The van der Waals surface area contributed by atoms with Crippen LogP contribution in [0, 0.1) is 17.7 Å². The fourth-order valence-corrected chi connectivity index (χ4v) is 4.40. The zero-order valence-corrected chi connectivity index (χ0v) is 19.1. The van der Waals surface area contributed by atoms with Crippen LogP contribution < -0.4 is 10.5 Å². The van der Waals surface area contributed by atoms with E-state index in [0.717, 1.165) is 24.1 Å². The molecule has 1 amide bonds. The summed E-state index contributed by atoms with van der Waals surface area (Å²) in [4.78, 5) is 27.2. The Bertz CT molecular complexity index is 1460. The molecule has 0 saturated carbocycles. The van der Waals surface area contributed by atoms with Crippen molar-refractivity contribution in [1.29, 1.82) is 0 Å². The lowest BCUT2D eigenvalue weighted by Gasteiger charge is -2.30. The van der Waals surface area contributed by atoms with Gasteiger partial charge < -0.3 is 15.4 Å². The average Bonchev–Trinajstić information content (AvgIpc) is 3.26. The van der Waals surface area contributed by atoms with Gasteiger partial charge >= 0.3 is 0 Å². The van der Waals surface area contributed by atoms with Gasteiger partial charge in [0, 0.05) is 43.5 Å². The van der Waals surface area contributed by atoms with Crippen LogP contribution >= 0.6 is 0 Å². The summed E-state index contributed by atoms with van der Waals surface area (Å²) in [6.07, 6.45) is 4.87. The number of carbonyl (C=O) groups is 1. The molecule has 4 heterocycles. The molecule has 0 radical (unpaired) electrons. The third-order valence-electron chi connectivity index (χ3n) is 5.98. The lowest BCUT2D eigenvalue weighted by molar-refractivity contribution is -0.126. The molecule has 176 valence electrons. The second-order valence-electron chi connectivity index (χ2n) is 8.22. The molecule has 1 aliphatic heterocycles. The first-order valence-corrected chi connectivity index (χ1v) is 11.3. The van der Waals surface area contributed by atoms with Crippen molar-refractivity contribution >= 4 is 17.4 Å². The van der Waals surface area contributed by atoms with Crippen molar-refractivity contribution in [2.24, 2.45) is 0 Å². The number of imidazole rings is 1. The van der Waals surface area contributed by atoms with Crippen LogP contribution in [0.2, 0.25) is 0 Å². The number of hydrogen-bond acceptors (Lipinski definition) is 6. The second kappa shape index (κ2) is 9.43. The first-order chi connectivity index (χ1) is 17.0. The topological polar surface area (TPSA) is 98.6 Å². The molecule has 1 fully saturated rings. The number of rotatable bonds is 4. The Morgan fingerprint density at radius 1 is 1.20 bits per heavy atom. The van der Waals surface area contributed by atoms with E-state index >= 15 is 4.39 Å². The maximum absolute atomic E-state index is 15.3. The number of benzene rings is 1. The number of nitrogens with two attached hydrogens (primary N) is 1. The predicted molar refractivity (Wildman–Crippen MR) is 129 cm³/mol. The normalized spacial score (nSPS) is 15.5. The van der Waals surface area contributed by atoms with E-state index in [2.05, 4.69) is 21.8 Å². The van der Waals surface area contributed by atoms with Gasteiger partial charge in [-0.25, -0.2) is 19.3 Å². The highest BCUT2D eigenvalue weighted by atomic mass is 19.1. The minimum atomic E-state index is -0.515. The Morgan fingerprint density at radius 2 is 2.09 bits per heavy atom. The molecule has 35 heavy (non-hydrogen) atoms. The number of piperidine rings is 1. The third kappa shape index (κ3) is 4.38. The number of aromatic nitrogens is 4. The monoisotopic (exact) mass is 470 g/mol. The fraction of sp³-hybridized carbons (Fsp3) is 0.231. The largest absolute Gasteiger partial charge is 0.439 e. The number of nitrogen functional groups attached to an aromatic ring is 1. The smallest absolute Gasteiger partial charge is 0.298 e. The molecule has 0 aliphatic carbocycles. The van der Waals surface area contributed by atoms with E-state index in [1.165, 1.54) is 6.07 Å². The van der Waals surface area contributed by atoms with Gasteiger partial charge in [0.15, 0.2) is 5.82 Å². The van der Waals surface area contributed by atoms with Crippen LogP contribution in [0.4, 0.5) is 10.3 Å². The lowest BCUT2D eigenvalue weighted by atomic mass is 9.94. The summed E-state index contributed by atoms with van der Waals surface area (Å²) in [6.45, 7) is 2.78. The van der Waals surface area contributed by atoms with E-state index in [-0.39, 0.29) is 23.3 Å². The zero-order chi connectivity index (χ0) is 24.4. The number of nitrogens with zero attached hydrogens (tertiary/aromatic N) is 5. The molecule has 9 heteroatoms. The lowest BCUT2D eigenvalue weighted by Crippen LogP contribution is -2.38. The van der Waals surface area contributed by atoms with Crippen molar-refractivity contribution in [2.45, 2.75) is 25.7 Å². The highest BCUT2D eigenvalue weighted by Gasteiger charge is 2.29. The van der Waals surface area contributed by atoms with Gasteiger partial charge in [0.25, 0.3) is 5.91 Å². The van der Waals surface area contributed by atoms with Crippen molar-refractivity contribution in [3.8, 4) is 34.9 Å². The minimum Gasteiger partial charge on any atom is -0.439 e. The van der Waals surface area contributed by atoms with E-state index in [9.17, 15) is 4.79 Å². The Hall–Kier alpha value is -4.45. The van der Waals surface area contributed by atoms with E-state index in [1.54, 1.807) is 58.9 Å². The van der Waals surface area contributed by atoms with Crippen LogP contribution in [-0.4, -0.2) is 43.2 Å². The van der Waals surface area contributed by atoms with Gasteiger partial charge in [0.1, 0.15) is 11.6 Å². The Kier molecular flexibility index (Phi) is 6.02. The van der Waals surface area contributed by atoms with Crippen molar-refractivity contribution < 1.29 is 13.9 Å². The molecule has 5 rings (SSSR count). The molecular weight excluding hydrogens is 447 g/mol. The van der Waals surface area contributed by atoms with Gasteiger partial charge in [0.2, 0.25) is 11.8 Å². The number of carbonyl (C=O) groups excluding carboxylic acids is 1. The van der Waals surface area contributed by atoms with E-state index in [0.29, 0.717) is 30.5 Å². The van der Waals surface area contributed by atoms with Crippen LogP contribution in [0.15, 0.2) is 54.9 Å². The highest BCUT2D eigenvalue weighted by Crippen LogP contribution is 2.35. The standard InChI is InChI=1S/C26H23FN6O2/c1-2-6-23(34)32-14-5-7-17(16-32)24-21-11-13-30-26(28)33(21)25(31-24)19-10-9-18(15-20(19)27)35-22-8-3-4-12-29-22/h3-4,8-13,15,17H,5,7,14,16H2,1H3,(H2,28,30). The summed E-state index contributed by atoms with van der Waals surface area (Å²) in [5.41, 5.74) is 7.96. The molecule has 1 aliphatic rings. The van der Waals surface area contributed by atoms with Gasteiger partial charge in [-0.1, -0.05) is 12.0 Å². The summed E-state index contributed by atoms with van der Waals surface area (Å²) < 4.78 is 22.6. The molecule has 0 spiro atoms. The number of halogens is 1. The highest BCUT2D eigenvalue weighted by molar-refractivity contribution is 5.93. The van der Waals surface area contributed by atoms with Gasteiger partial charge in [-0.3, -0.25) is 9.20 Å². The van der Waals surface area contributed by atoms with Crippen molar-refractivity contribution in [1.82, 2.24) is 24.3 Å². The Morgan fingerprint density at radius 3 is 2.86 bits per heavy atom. The predicted octanol–water partition coefficient (Wildman–Crippen LogP) is 4.03. The molecule has 8 nitrogen and oxygen atoms in total. The first-order valence-electron chi connectivity index (χ1n) is 11.3. The van der Waals surface area contributed by atoms with Crippen LogP contribution in [0.25, 0.3) is 16.9 Å². The number of pyridine rings is 1. The fourth-order valence-electron chi connectivity index (χ4n) is 4.40. The molecule has 0 bridgehead atoms. The third-order valence-corrected chi connectivity index (χ3v) is 5.98. The van der Waals surface area contributed by atoms with Gasteiger partial charge in [-0.05, 0) is 50.0 Å². The van der Waals surface area contributed by atoms with E-state index in [1.807, 2.05) is 6.07 Å². The molecule has 1 saturated heterocycles. The van der Waals surface area contributed by atoms with Gasteiger partial charge in [-0.2, -0.15) is 0 Å². The molecule has 1 atom stereocenters. The van der Waals surface area contributed by atoms with Crippen molar-refractivity contribution in [3.05, 3.63) is 66.4 Å². The summed E-state index contributed by atoms with van der Waals surface area (Å²) in [6, 6.07) is 11.6. The van der Waals surface area contributed by atoms with Crippen LogP contribution in [0.3, 0.4) is 0 Å². The average molecular weight is 471 g/mol. The first kappa shape index (κ1) is 22.3. The number of anilines is 1. The maximum atomic E-state index is 15.3. The van der Waals surface area contributed by atoms with E-state index in [4.69, 9.17) is 15.5 Å². The number of hydrogen-bond donors (Lipinski definition) is 1. The van der Waals surface area contributed by atoms with Crippen LogP contribution in [0.5, 0.6) is 11.6 Å². The quantitative estimate of drug-likeness (QED) is 0.452. The maximum Gasteiger partial charge on any atom is 0.298 e. The molecule has 1 unspecified atom stereocenters. The zero-order valence-electron chi connectivity index (χ0n) is 19.1. The SMILES string of the molecule is CC#CC(=O)N1CCCC(c2nc(-c3ccc(Oc4ccccn4)cc3F)n3c(N)nccc23)C1. The number of likely N-dealkylation sites (tertiary alicyclic amines) is 1. The molecular formula is C26H23FN6O2. The molecule has 1 aromatic carbocycles. The second-order valence-corrected chi connectivity index (χ2v) is 8.22. The van der Waals surface area contributed by atoms with Crippen LogP contribution in [-0.2, 0) is 4.79 Å². The summed E-state index contributed by atoms with van der Waals surface area (Å²) in [5.74, 6) is 5.76. The number of fused-ring (bicyclic) bond motifs is 1. The number of ether oxygens (including phenoxy) is 1. The summed E-state index contributed by atoms with van der Waals surface area (Å²) in [5, 5.41) is 0. The summed E-state index contributed by atoms with van der Waals surface area (Å²) in [7, 11) is 0. The van der Waals surface area contributed by atoms with Crippen molar-refractivity contribution in [2.75, 3.05) is 18.8 Å². The number of amides is 1. The van der Waals surface area contributed by atoms with Crippen LogP contribution in [0.1, 0.15) is 31.4 Å². The Labute approximate surface area is 201 Å². The van der Waals surface area contributed by atoms with Gasteiger partial charge in [-0.15, -0.1) is 0 Å².